The van der Waals surface area contributed by atoms with Gasteiger partial charge in [0.05, 0.1) is 6.42 Å². The molecule has 1 unspecified atom stereocenters. The highest BCUT2D eigenvalue weighted by molar-refractivity contribution is 5.87. The molecule has 1 aliphatic rings. The van der Waals surface area contributed by atoms with Crippen LogP contribution >= 0.6 is 0 Å². The molecule has 0 spiro atoms. The van der Waals surface area contributed by atoms with E-state index in [1.54, 1.807) is 0 Å². The fourth-order valence-electron chi connectivity index (χ4n) is 2.06. The van der Waals surface area contributed by atoms with E-state index in [-0.39, 0.29) is 0 Å². The van der Waals surface area contributed by atoms with E-state index in [1.165, 1.54) is 12.8 Å². The molecule has 0 radical (unpaired) electrons. The van der Waals surface area contributed by atoms with Crippen LogP contribution in [0.1, 0.15) is 32.1 Å². The van der Waals surface area contributed by atoms with Gasteiger partial charge in [0.1, 0.15) is 6.04 Å². The van der Waals surface area contributed by atoms with Crippen molar-refractivity contribution < 1.29 is 19.5 Å². The summed E-state index contributed by atoms with van der Waals surface area (Å²) in [6.45, 7) is 0.536. The maximum atomic E-state index is 11.5. The average molecular weight is 257 g/mol. The second-order valence-corrected chi connectivity index (χ2v) is 4.57. The van der Waals surface area contributed by atoms with E-state index in [0.717, 1.165) is 12.8 Å². The molecule has 102 valence electrons. The molecule has 0 aromatic carbocycles. The van der Waals surface area contributed by atoms with Gasteiger partial charge in [-0.25, -0.2) is 9.59 Å². The van der Waals surface area contributed by atoms with Gasteiger partial charge < -0.3 is 21.5 Å². The number of urea groups is 1. The monoisotopic (exact) mass is 257 g/mol. The number of hydrogen-bond donors (Lipinski definition) is 4. The fraction of sp³-hybridized carbons (Fsp3) is 0.727. The molecule has 0 aromatic rings. The number of primary amides is 1. The Kier molecular flexibility index (Phi) is 5.41. The van der Waals surface area contributed by atoms with Crippen molar-refractivity contribution in [1.82, 2.24) is 10.6 Å². The van der Waals surface area contributed by atoms with Crippen molar-refractivity contribution in [2.45, 2.75) is 38.1 Å². The number of carboxylic acids is 1. The van der Waals surface area contributed by atoms with Crippen LogP contribution in [0.25, 0.3) is 0 Å². The van der Waals surface area contributed by atoms with Crippen molar-refractivity contribution >= 4 is 17.9 Å². The Morgan fingerprint density at radius 3 is 2.39 bits per heavy atom. The second-order valence-electron chi connectivity index (χ2n) is 4.57. The minimum absolute atomic E-state index is 0.411. The number of aliphatic carboxylic acids is 1. The zero-order valence-electron chi connectivity index (χ0n) is 10.1. The van der Waals surface area contributed by atoms with Crippen molar-refractivity contribution in [2.75, 3.05) is 6.54 Å². The summed E-state index contributed by atoms with van der Waals surface area (Å²) < 4.78 is 0. The number of amides is 3. The number of carbonyl (C=O) groups is 3. The third-order valence-corrected chi connectivity index (χ3v) is 3.03. The molecule has 1 atom stereocenters. The topological polar surface area (TPSA) is 122 Å². The minimum Gasteiger partial charge on any atom is -0.480 e. The molecule has 0 bridgehead atoms. The van der Waals surface area contributed by atoms with Crippen LogP contribution in [0.15, 0.2) is 0 Å². The van der Waals surface area contributed by atoms with E-state index < -0.39 is 30.4 Å². The number of carbonyl (C=O) groups excluding carboxylic acids is 2. The predicted octanol–water partition coefficient (Wildman–Crippen LogP) is -0.196. The van der Waals surface area contributed by atoms with Gasteiger partial charge in [0.25, 0.3) is 0 Å². The van der Waals surface area contributed by atoms with Crippen LogP contribution in [-0.2, 0) is 9.59 Å². The predicted molar refractivity (Wildman–Crippen MR) is 63.7 cm³/mol. The molecule has 1 saturated carbocycles. The summed E-state index contributed by atoms with van der Waals surface area (Å²) >= 11 is 0. The van der Waals surface area contributed by atoms with Crippen molar-refractivity contribution in [3.63, 3.8) is 0 Å². The molecule has 0 aromatic heterocycles. The van der Waals surface area contributed by atoms with E-state index in [0.29, 0.717) is 12.5 Å². The Labute approximate surface area is 105 Å². The Bertz CT molecular complexity index is 326. The molecule has 0 saturated heterocycles. The normalized spacial score (nSPS) is 17.1. The maximum absolute atomic E-state index is 11.5. The first-order valence-corrected chi connectivity index (χ1v) is 6.04. The summed E-state index contributed by atoms with van der Waals surface area (Å²) in [5, 5.41) is 13.6. The molecule has 1 fully saturated rings. The van der Waals surface area contributed by atoms with E-state index in [9.17, 15) is 14.4 Å². The first kappa shape index (κ1) is 14.3. The first-order chi connectivity index (χ1) is 8.49. The van der Waals surface area contributed by atoms with E-state index in [1.807, 2.05) is 0 Å². The van der Waals surface area contributed by atoms with Crippen LogP contribution in [0.3, 0.4) is 0 Å². The summed E-state index contributed by atoms with van der Waals surface area (Å²) in [7, 11) is 0. The largest absolute Gasteiger partial charge is 0.480 e. The lowest BCUT2D eigenvalue weighted by Crippen LogP contribution is -2.48. The van der Waals surface area contributed by atoms with E-state index >= 15 is 0 Å². The molecule has 1 aliphatic carbocycles. The summed E-state index contributed by atoms with van der Waals surface area (Å²) in [6.07, 6.45) is 4.11. The first-order valence-electron chi connectivity index (χ1n) is 6.04. The molecule has 5 N–H and O–H groups in total. The summed E-state index contributed by atoms with van der Waals surface area (Å²) in [5.74, 6) is -1.57. The lowest BCUT2D eigenvalue weighted by Gasteiger charge is -2.15. The molecule has 1 rings (SSSR count). The van der Waals surface area contributed by atoms with Crippen molar-refractivity contribution in [3.8, 4) is 0 Å². The summed E-state index contributed by atoms with van der Waals surface area (Å²) in [5.41, 5.74) is 4.91. The number of rotatable bonds is 6. The van der Waals surface area contributed by atoms with E-state index in [4.69, 9.17) is 10.8 Å². The fourth-order valence-corrected chi connectivity index (χ4v) is 2.06. The highest BCUT2D eigenvalue weighted by Crippen LogP contribution is 2.23. The third-order valence-electron chi connectivity index (χ3n) is 3.03. The van der Waals surface area contributed by atoms with E-state index in [2.05, 4.69) is 10.6 Å². The van der Waals surface area contributed by atoms with Gasteiger partial charge >= 0.3 is 12.0 Å². The molecule has 18 heavy (non-hydrogen) atoms. The quantitative estimate of drug-likeness (QED) is 0.526. The van der Waals surface area contributed by atoms with Gasteiger partial charge in [-0.15, -0.1) is 0 Å². The molecular formula is C11H19N3O4. The maximum Gasteiger partial charge on any atom is 0.326 e. The van der Waals surface area contributed by atoms with Gasteiger partial charge in [-0.05, 0) is 18.8 Å². The molecule has 7 nitrogen and oxygen atoms in total. The van der Waals surface area contributed by atoms with Crippen LogP contribution in [0.4, 0.5) is 4.79 Å². The minimum atomic E-state index is -1.27. The molecule has 0 aliphatic heterocycles. The zero-order valence-corrected chi connectivity index (χ0v) is 10.1. The number of nitrogens with one attached hydrogen (secondary N) is 2. The van der Waals surface area contributed by atoms with Gasteiger partial charge in [0.15, 0.2) is 0 Å². The Morgan fingerprint density at radius 1 is 1.28 bits per heavy atom. The lowest BCUT2D eigenvalue weighted by atomic mass is 10.1. The standard InChI is InChI=1S/C11H19N3O4/c12-9(15)5-8(10(16)17)14-11(18)13-6-7-3-1-2-4-7/h7-8H,1-6H2,(H2,12,15)(H,16,17)(H2,13,14,18). The van der Waals surface area contributed by atoms with Crippen LogP contribution in [0.5, 0.6) is 0 Å². The van der Waals surface area contributed by atoms with Crippen molar-refractivity contribution in [3.05, 3.63) is 0 Å². The Morgan fingerprint density at radius 2 is 1.89 bits per heavy atom. The molecule has 7 heteroatoms. The number of nitrogens with two attached hydrogens (primary N) is 1. The van der Waals surface area contributed by atoms with Gasteiger partial charge in [0.2, 0.25) is 5.91 Å². The van der Waals surface area contributed by atoms with Gasteiger partial charge in [0, 0.05) is 6.54 Å². The molecule has 3 amide bonds. The second kappa shape index (κ2) is 6.83. The summed E-state index contributed by atoms with van der Waals surface area (Å²) in [6, 6.07) is -1.85. The highest BCUT2D eigenvalue weighted by atomic mass is 16.4. The van der Waals surface area contributed by atoms with Gasteiger partial charge in [-0.3, -0.25) is 4.79 Å². The smallest absolute Gasteiger partial charge is 0.326 e. The number of carboxylic acid groups (broad SMARTS) is 1. The lowest BCUT2D eigenvalue weighted by molar-refractivity contribution is -0.140. The molecule has 0 heterocycles. The van der Waals surface area contributed by atoms with Crippen LogP contribution in [0, 0.1) is 5.92 Å². The molecular weight excluding hydrogens is 238 g/mol. The average Bonchev–Trinajstić information content (AvgIpc) is 2.77. The zero-order chi connectivity index (χ0) is 13.5. The van der Waals surface area contributed by atoms with Gasteiger partial charge in [-0.2, -0.15) is 0 Å². The summed E-state index contributed by atoms with van der Waals surface area (Å²) in [4.78, 5) is 32.9. The number of hydrogen-bond acceptors (Lipinski definition) is 3. The van der Waals surface area contributed by atoms with Crippen LogP contribution in [0.2, 0.25) is 0 Å². The Balaban J connectivity index is 2.31. The van der Waals surface area contributed by atoms with Crippen molar-refractivity contribution in [2.24, 2.45) is 11.7 Å². The SMILES string of the molecule is NC(=O)CC(NC(=O)NCC1CCCC1)C(=O)O. The van der Waals surface area contributed by atoms with Gasteiger partial charge in [-0.1, -0.05) is 12.8 Å². The highest BCUT2D eigenvalue weighted by Gasteiger charge is 2.22. The van der Waals surface area contributed by atoms with Crippen molar-refractivity contribution in [1.29, 1.82) is 0 Å². The van der Waals surface area contributed by atoms with Crippen LogP contribution < -0.4 is 16.4 Å². The Hall–Kier alpha value is -1.79. The third kappa shape index (κ3) is 5.03. The van der Waals surface area contributed by atoms with Crippen LogP contribution in [-0.4, -0.2) is 35.6 Å².